The number of ether oxygens (including phenoxy) is 1. The van der Waals surface area contributed by atoms with Crippen LogP contribution in [0.4, 0.5) is 5.69 Å². The van der Waals surface area contributed by atoms with Crippen molar-refractivity contribution in [2.45, 2.75) is 75.1 Å². The number of aliphatic hydroxyl groups excluding tert-OH is 1. The van der Waals surface area contributed by atoms with E-state index < -0.39 is 9.71 Å². The molecule has 2 aliphatic carbocycles. The molecule has 6 rings (SSSR count). The van der Waals surface area contributed by atoms with Crippen LogP contribution in [0, 0.1) is 11.8 Å². The maximum Gasteiger partial charge on any atom is 0.262 e. The Bertz CT molecular complexity index is 1380. The molecule has 0 aromatic heterocycles. The number of aryl methyl sites for hydroxylation is 1. The van der Waals surface area contributed by atoms with Gasteiger partial charge < -0.3 is 14.7 Å². The van der Waals surface area contributed by atoms with Crippen molar-refractivity contribution in [3.05, 3.63) is 58.1 Å². The summed E-state index contributed by atoms with van der Waals surface area (Å²) >= 11 is 6.38. The Balaban J connectivity index is 1.42. The van der Waals surface area contributed by atoms with Crippen molar-refractivity contribution in [1.29, 1.82) is 0 Å². The SMILES string of the molecule is C=S1(=O)NC(=O)c2ccc3c(c2)N(C[C@@H]2CC[C@H]2[C@@H](O)CCC[C@H]1C)C[C@@]1(CCCc2cc(Cl)ccc21)CO3. The molecule has 1 spiro atoms. The number of nitrogens with one attached hydrogen (secondary N) is 1. The maximum atomic E-state index is 13.4. The number of carbonyl (C=O) groups is 1. The van der Waals surface area contributed by atoms with Crippen LogP contribution < -0.4 is 14.4 Å². The van der Waals surface area contributed by atoms with Gasteiger partial charge in [0.2, 0.25) is 0 Å². The number of benzene rings is 2. The first-order valence-electron chi connectivity index (χ1n) is 14.3. The van der Waals surface area contributed by atoms with Gasteiger partial charge in [-0.05, 0) is 117 Å². The zero-order valence-electron chi connectivity index (χ0n) is 22.7. The largest absolute Gasteiger partial charge is 0.490 e. The molecule has 2 aliphatic heterocycles. The molecular formula is C31H39ClN2O4S. The van der Waals surface area contributed by atoms with E-state index in [0.29, 0.717) is 30.9 Å². The highest BCUT2D eigenvalue weighted by Gasteiger charge is 2.44. The van der Waals surface area contributed by atoms with Gasteiger partial charge in [-0.25, -0.2) is 4.21 Å². The predicted octanol–water partition coefficient (Wildman–Crippen LogP) is 5.13. The molecule has 8 heteroatoms. The molecular weight excluding hydrogens is 532 g/mol. The lowest BCUT2D eigenvalue weighted by Gasteiger charge is -2.45. The third-order valence-electron chi connectivity index (χ3n) is 9.75. The van der Waals surface area contributed by atoms with Crippen LogP contribution in [0.3, 0.4) is 0 Å². The minimum atomic E-state index is -2.85. The number of aliphatic hydroxyl groups is 1. The standard InChI is InChI=1S/C31H39ClN2O4S/c1-20-5-3-7-28(35)25-11-8-23(25)17-34-18-31(14-4-6-21-15-24(32)10-12-26(21)31)19-38-29-13-9-22(16-27(29)34)30(36)33-39(20,2)37/h9-10,12-13,15-16,20,23,25,28,35H,2-8,11,14,17-19H2,1H3,(H,33,36,37)/t20-,23+,25-,28+,31+,39?/m1/s1. The van der Waals surface area contributed by atoms with Gasteiger partial charge in [-0.15, -0.1) is 0 Å². The number of hydrogen-bond acceptors (Lipinski definition) is 5. The average Bonchev–Trinajstić information content (AvgIpc) is 3.02. The number of halogens is 1. The molecule has 1 saturated carbocycles. The Labute approximate surface area is 237 Å². The lowest BCUT2D eigenvalue weighted by molar-refractivity contribution is 0.00913. The van der Waals surface area contributed by atoms with Gasteiger partial charge in [-0.1, -0.05) is 17.7 Å². The molecule has 2 aromatic carbocycles. The quantitative estimate of drug-likeness (QED) is 0.429. The monoisotopic (exact) mass is 570 g/mol. The number of hydrogen-bond donors (Lipinski definition) is 2. The second-order valence-electron chi connectivity index (χ2n) is 12.3. The summed E-state index contributed by atoms with van der Waals surface area (Å²) < 4.78 is 22.6. The Morgan fingerprint density at radius 1 is 1.15 bits per heavy atom. The number of fused-ring (bicyclic) bond motifs is 4. The van der Waals surface area contributed by atoms with Crippen LogP contribution in [0.25, 0.3) is 0 Å². The molecule has 39 heavy (non-hydrogen) atoms. The first-order chi connectivity index (χ1) is 18.6. The fourth-order valence-electron chi connectivity index (χ4n) is 7.20. The number of amides is 1. The fraction of sp³-hybridized carbons (Fsp3) is 0.548. The minimum absolute atomic E-state index is 0.197. The maximum absolute atomic E-state index is 13.4. The summed E-state index contributed by atoms with van der Waals surface area (Å²) in [5.74, 6) is 4.89. The van der Waals surface area contributed by atoms with E-state index in [0.717, 1.165) is 68.1 Å². The van der Waals surface area contributed by atoms with Crippen LogP contribution >= 0.6 is 11.6 Å². The second-order valence-corrected chi connectivity index (χ2v) is 15.2. The number of carbonyl (C=O) groups excluding carboxylic acids is 1. The summed E-state index contributed by atoms with van der Waals surface area (Å²) in [5, 5.41) is 11.6. The van der Waals surface area contributed by atoms with Crippen molar-refractivity contribution >= 4 is 38.8 Å². The smallest absolute Gasteiger partial charge is 0.262 e. The average molecular weight is 571 g/mol. The van der Waals surface area contributed by atoms with Crippen LogP contribution in [0.2, 0.25) is 5.02 Å². The highest BCUT2D eigenvalue weighted by Crippen LogP contribution is 2.47. The molecule has 1 unspecified atom stereocenters. The Hall–Kier alpha value is -2.22. The Kier molecular flexibility index (Phi) is 7.13. The van der Waals surface area contributed by atoms with Crippen LogP contribution in [0.5, 0.6) is 5.75 Å². The molecule has 0 saturated heterocycles. The van der Waals surface area contributed by atoms with Crippen LogP contribution in [-0.2, 0) is 21.5 Å². The third-order valence-corrected chi connectivity index (χ3v) is 12.1. The molecule has 0 radical (unpaired) electrons. The van der Waals surface area contributed by atoms with Gasteiger partial charge in [0.25, 0.3) is 5.91 Å². The molecule has 2 aromatic rings. The van der Waals surface area contributed by atoms with Gasteiger partial charge in [-0.2, -0.15) is 0 Å². The number of rotatable bonds is 0. The van der Waals surface area contributed by atoms with E-state index in [1.54, 1.807) is 6.07 Å². The van der Waals surface area contributed by atoms with E-state index in [1.165, 1.54) is 11.1 Å². The van der Waals surface area contributed by atoms with E-state index in [4.69, 9.17) is 16.3 Å². The van der Waals surface area contributed by atoms with Crippen LogP contribution in [-0.4, -0.2) is 52.1 Å². The van der Waals surface area contributed by atoms with E-state index in [-0.39, 0.29) is 28.6 Å². The summed E-state index contributed by atoms with van der Waals surface area (Å²) in [6.07, 6.45) is 6.89. The van der Waals surface area contributed by atoms with Crippen molar-refractivity contribution in [1.82, 2.24) is 4.72 Å². The van der Waals surface area contributed by atoms with E-state index in [1.807, 2.05) is 25.1 Å². The lowest BCUT2D eigenvalue weighted by atomic mass is 9.68. The number of nitrogens with zero attached hydrogens (tertiary/aromatic N) is 1. The first kappa shape index (κ1) is 27.0. The topological polar surface area (TPSA) is 78.9 Å². The van der Waals surface area contributed by atoms with Gasteiger partial charge in [0.15, 0.2) is 0 Å². The summed E-state index contributed by atoms with van der Waals surface area (Å²) in [7, 11) is -2.85. The number of anilines is 1. The van der Waals surface area contributed by atoms with Gasteiger partial charge in [0.1, 0.15) is 5.75 Å². The van der Waals surface area contributed by atoms with Gasteiger partial charge in [0, 0.05) is 34.3 Å². The molecule has 2 N–H and O–H groups in total. The summed E-state index contributed by atoms with van der Waals surface area (Å²) in [5.41, 5.74) is 3.74. The van der Waals surface area contributed by atoms with E-state index >= 15 is 0 Å². The second kappa shape index (κ2) is 10.3. The van der Waals surface area contributed by atoms with E-state index in [2.05, 4.69) is 27.6 Å². The molecule has 2 heterocycles. The van der Waals surface area contributed by atoms with Crippen LogP contribution in [0.1, 0.15) is 73.4 Å². The molecule has 2 bridgehead atoms. The summed E-state index contributed by atoms with van der Waals surface area (Å²) in [6, 6.07) is 11.8. The molecule has 1 amide bonds. The third kappa shape index (κ3) is 5.07. The van der Waals surface area contributed by atoms with Crippen LogP contribution in [0.15, 0.2) is 36.4 Å². The summed E-state index contributed by atoms with van der Waals surface area (Å²) in [6.45, 7) is 3.99. The minimum Gasteiger partial charge on any atom is -0.490 e. The van der Waals surface area contributed by atoms with Crippen molar-refractivity contribution in [2.24, 2.45) is 11.8 Å². The summed E-state index contributed by atoms with van der Waals surface area (Å²) in [4.78, 5) is 15.7. The van der Waals surface area contributed by atoms with Crippen molar-refractivity contribution in [3.63, 3.8) is 0 Å². The van der Waals surface area contributed by atoms with Crippen molar-refractivity contribution in [3.8, 4) is 5.75 Å². The normalized spacial score (nSPS) is 34.7. The van der Waals surface area contributed by atoms with Crippen molar-refractivity contribution in [2.75, 3.05) is 24.6 Å². The Morgan fingerprint density at radius 3 is 2.79 bits per heavy atom. The zero-order chi connectivity index (χ0) is 27.4. The highest BCUT2D eigenvalue weighted by molar-refractivity contribution is 7.99. The van der Waals surface area contributed by atoms with E-state index in [9.17, 15) is 14.1 Å². The predicted molar refractivity (Wildman–Crippen MR) is 158 cm³/mol. The molecule has 4 aliphatic rings. The van der Waals surface area contributed by atoms with Gasteiger partial charge in [0.05, 0.1) is 28.1 Å². The van der Waals surface area contributed by atoms with Gasteiger partial charge in [-0.3, -0.25) is 9.52 Å². The first-order valence-corrected chi connectivity index (χ1v) is 16.5. The Morgan fingerprint density at radius 2 is 2.00 bits per heavy atom. The zero-order valence-corrected chi connectivity index (χ0v) is 24.2. The fourth-order valence-corrected chi connectivity index (χ4v) is 8.58. The van der Waals surface area contributed by atoms with Gasteiger partial charge >= 0.3 is 0 Å². The molecule has 210 valence electrons. The molecule has 6 nitrogen and oxygen atoms in total. The highest BCUT2D eigenvalue weighted by atomic mass is 35.5. The van der Waals surface area contributed by atoms with Crippen molar-refractivity contribution < 1.29 is 18.8 Å². The molecule has 6 atom stereocenters. The lowest BCUT2D eigenvalue weighted by Crippen LogP contribution is -2.49. The molecule has 1 fully saturated rings.